The van der Waals surface area contributed by atoms with Crippen molar-refractivity contribution in [1.29, 1.82) is 0 Å². The Morgan fingerprint density at radius 3 is 2.86 bits per heavy atom. The predicted molar refractivity (Wildman–Crippen MR) is 108 cm³/mol. The van der Waals surface area contributed by atoms with Crippen molar-refractivity contribution < 1.29 is 24.4 Å². The number of aliphatic hydroxyl groups is 1. The van der Waals surface area contributed by atoms with Crippen LogP contribution in [0.4, 0.5) is 0 Å². The van der Waals surface area contributed by atoms with Crippen molar-refractivity contribution in [1.82, 2.24) is 0 Å². The third kappa shape index (κ3) is 3.35. The van der Waals surface area contributed by atoms with Gasteiger partial charge in [-0.15, -0.1) is 0 Å². The molecule has 29 heavy (non-hydrogen) atoms. The summed E-state index contributed by atoms with van der Waals surface area (Å²) in [6, 6.07) is 8.00. The Morgan fingerprint density at radius 2 is 2.03 bits per heavy atom. The number of benzene rings is 1. The second kappa shape index (κ2) is 7.47. The zero-order chi connectivity index (χ0) is 20.2. The van der Waals surface area contributed by atoms with E-state index >= 15 is 0 Å². The van der Waals surface area contributed by atoms with Gasteiger partial charge in [-0.05, 0) is 75.0 Å². The van der Waals surface area contributed by atoms with E-state index in [1.165, 1.54) is 5.56 Å². The first-order valence-electron chi connectivity index (χ1n) is 11.0. The zero-order valence-electron chi connectivity index (χ0n) is 17.2. The van der Waals surface area contributed by atoms with Crippen LogP contribution in [0.15, 0.2) is 24.3 Å². The van der Waals surface area contributed by atoms with Crippen molar-refractivity contribution in [2.45, 2.75) is 82.8 Å². The summed E-state index contributed by atoms with van der Waals surface area (Å²) in [6.45, 7) is 4.21. The van der Waals surface area contributed by atoms with Gasteiger partial charge in [-0.1, -0.05) is 30.7 Å². The van der Waals surface area contributed by atoms with Crippen LogP contribution in [0, 0.1) is 23.7 Å². The minimum Gasteiger partial charge on any atom is -0.368 e. The number of aryl methyl sites for hydroxylation is 1. The van der Waals surface area contributed by atoms with Gasteiger partial charge in [-0.3, -0.25) is 0 Å². The van der Waals surface area contributed by atoms with E-state index in [9.17, 15) is 5.11 Å². The first-order valence-corrected chi connectivity index (χ1v) is 11.4. The van der Waals surface area contributed by atoms with Gasteiger partial charge in [0, 0.05) is 23.3 Å². The van der Waals surface area contributed by atoms with Gasteiger partial charge in [-0.25, -0.2) is 9.78 Å². The van der Waals surface area contributed by atoms with Gasteiger partial charge < -0.3 is 14.6 Å². The molecule has 0 radical (unpaired) electrons. The smallest absolute Gasteiger partial charge is 0.201 e. The predicted octanol–water partition coefficient (Wildman–Crippen LogP) is 4.84. The van der Waals surface area contributed by atoms with Crippen LogP contribution in [-0.4, -0.2) is 29.1 Å². The van der Waals surface area contributed by atoms with Crippen molar-refractivity contribution in [3.8, 4) is 0 Å². The zero-order valence-corrected chi connectivity index (χ0v) is 17.9. The van der Waals surface area contributed by atoms with E-state index in [0.717, 1.165) is 50.0 Å². The van der Waals surface area contributed by atoms with Crippen LogP contribution in [0.5, 0.6) is 0 Å². The minimum atomic E-state index is -0.837. The van der Waals surface area contributed by atoms with Crippen molar-refractivity contribution in [2.75, 3.05) is 0 Å². The lowest BCUT2D eigenvalue weighted by Gasteiger charge is -2.60. The average Bonchev–Trinajstić information content (AvgIpc) is 2.91. The summed E-state index contributed by atoms with van der Waals surface area (Å²) in [5, 5.41) is 11.7. The number of ether oxygens (including phenoxy) is 2. The summed E-state index contributed by atoms with van der Waals surface area (Å²) < 4.78 is 12.3. The highest BCUT2D eigenvalue weighted by molar-refractivity contribution is 6.30. The van der Waals surface area contributed by atoms with E-state index < -0.39 is 24.0 Å². The number of hydrogen-bond donors (Lipinski definition) is 1. The quantitative estimate of drug-likeness (QED) is 0.703. The molecule has 2 bridgehead atoms. The summed E-state index contributed by atoms with van der Waals surface area (Å²) in [7, 11) is 0. The molecule has 5 fully saturated rings. The lowest BCUT2D eigenvalue weighted by molar-refractivity contribution is -0.577. The first kappa shape index (κ1) is 20.2. The molecule has 1 aromatic carbocycles. The van der Waals surface area contributed by atoms with E-state index in [1.54, 1.807) is 0 Å². The highest BCUT2D eigenvalue weighted by Gasteiger charge is 2.69. The SMILES string of the molecule is C[C@@H]1CC[C@H]2[C@@H](CCCc3cccc(Cl)c3)C(O)OC3O[C@]4(C)CC[C@@H]1[C@]32OO4. The van der Waals surface area contributed by atoms with E-state index in [-0.39, 0.29) is 11.8 Å². The van der Waals surface area contributed by atoms with Crippen molar-refractivity contribution >= 4 is 11.6 Å². The van der Waals surface area contributed by atoms with Gasteiger partial charge >= 0.3 is 0 Å². The Morgan fingerprint density at radius 1 is 1.17 bits per heavy atom. The van der Waals surface area contributed by atoms with E-state index in [4.69, 9.17) is 30.8 Å². The lowest BCUT2D eigenvalue weighted by Crippen LogP contribution is -2.70. The normalized spacial score (nSPS) is 46.2. The molecule has 1 aliphatic carbocycles. The second-order valence-electron chi connectivity index (χ2n) is 9.62. The fraction of sp³-hybridized carbons (Fsp3) is 0.739. The molecule has 1 N–H and O–H groups in total. The second-order valence-corrected chi connectivity index (χ2v) is 10.1. The summed E-state index contributed by atoms with van der Waals surface area (Å²) in [6.07, 6.45) is 5.28. The fourth-order valence-electron chi connectivity index (χ4n) is 6.32. The first-order chi connectivity index (χ1) is 13.9. The molecule has 160 valence electrons. The molecule has 1 saturated carbocycles. The molecule has 4 heterocycles. The third-order valence-electron chi connectivity index (χ3n) is 7.81. The van der Waals surface area contributed by atoms with Crippen LogP contribution in [0.1, 0.15) is 57.9 Å². The van der Waals surface area contributed by atoms with Gasteiger partial charge in [0.25, 0.3) is 0 Å². The van der Waals surface area contributed by atoms with Gasteiger partial charge in [0.15, 0.2) is 18.2 Å². The maximum Gasteiger partial charge on any atom is 0.201 e. The molecule has 2 unspecified atom stereocenters. The molecule has 0 aromatic heterocycles. The van der Waals surface area contributed by atoms with Crippen LogP contribution in [0.2, 0.25) is 5.02 Å². The number of hydrogen-bond acceptors (Lipinski definition) is 5. The molecule has 0 amide bonds. The van der Waals surface area contributed by atoms with Crippen molar-refractivity contribution in [3.63, 3.8) is 0 Å². The fourth-order valence-corrected chi connectivity index (χ4v) is 6.53. The molecule has 4 saturated heterocycles. The monoisotopic (exact) mass is 422 g/mol. The summed E-state index contributed by atoms with van der Waals surface area (Å²) >= 11 is 6.12. The van der Waals surface area contributed by atoms with E-state index in [2.05, 4.69) is 13.0 Å². The summed E-state index contributed by atoms with van der Waals surface area (Å²) in [5.74, 6) is 0.219. The van der Waals surface area contributed by atoms with Gasteiger partial charge in [0.1, 0.15) is 0 Å². The molecule has 8 atom stereocenters. The molecule has 6 heteroatoms. The van der Waals surface area contributed by atoms with Crippen LogP contribution in [0.3, 0.4) is 0 Å². The lowest BCUT2D eigenvalue weighted by atomic mass is 9.57. The van der Waals surface area contributed by atoms with Gasteiger partial charge in [-0.2, -0.15) is 0 Å². The molecule has 4 aliphatic heterocycles. The Kier molecular flexibility index (Phi) is 5.21. The molecular weight excluding hydrogens is 392 g/mol. The number of halogens is 1. The van der Waals surface area contributed by atoms with E-state index in [1.807, 2.05) is 25.1 Å². The number of fused-ring (bicyclic) bond motifs is 2. The van der Waals surface area contributed by atoms with Crippen LogP contribution < -0.4 is 0 Å². The van der Waals surface area contributed by atoms with E-state index in [0.29, 0.717) is 11.8 Å². The maximum atomic E-state index is 10.9. The highest BCUT2D eigenvalue weighted by Crippen LogP contribution is 2.60. The Hall–Kier alpha value is -0.690. The largest absolute Gasteiger partial charge is 0.368 e. The molecule has 6 rings (SSSR count). The molecule has 5 nitrogen and oxygen atoms in total. The maximum absolute atomic E-state index is 10.9. The molecule has 1 aromatic rings. The topological polar surface area (TPSA) is 57.2 Å². The minimum absolute atomic E-state index is 0.00934. The number of aliphatic hydroxyl groups excluding tert-OH is 1. The molecule has 1 spiro atoms. The number of rotatable bonds is 4. The van der Waals surface area contributed by atoms with Crippen molar-refractivity contribution in [2.24, 2.45) is 23.7 Å². The summed E-state index contributed by atoms with van der Waals surface area (Å²) in [5.41, 5.74) is 0.605. The van der Waals surface area contributed by atoms with Crippen LogP contribution in [-0.2, 0) is 25.7 Å². The van der Waals surface area contributed by atoms with Gasteiger partial charge in [0.2, 0.25) is 5.79 Å². The standard InChI is InChI=1S/C23H31ClO5/c1-14-9-10-19-17(8-4-6-15-5-3-7-16(24)13-15)20(25)26-21-23(19)18(14)11-12-22(2,27-21)28-29-23/h3,5,7,13-14,17-21,25H,4,6,8-12H2,1-2H3/t14-,17-,18+,19+,20?,21?,22+,23-/m1/s1. The van der Waals surface area contributed by atoms with Crippen LogP contribution in [0.25, 0.3) is 0 Å². The Balaban J connectivity index is 1.37. The Bertz CT molecular complexity index is 759. The summed E-state index contributed by atoms with van der Waals surface area (Å²) in [4.78, 5) is 12.0. The Labute approximate surface area is 177 Å². The van der Waals surface area contributed by atoms with Crippen LogP contribution >= 0.6 is 11.6 Å². The molecule has 5 aliphatic rings. The van der Waals surface area contributed by atoms with Gasteiger partial charge in [0.05, 0.1) is 0 Å². The third-order valence-corrected chi connectivity index (χ3v) is 8.05. The highest BCUT2D eigenvalue weighted by atomic mass is 35.5. The molecular formula is C23H31ClO5. The average molecular weight is 423 g/mol. The van der Waals surface area contributed by atoms with Crippen molar-refractivity contribution in [3.05, 3.63) is 34.9 Å².